The van der Waals surface area contributed by atoms with Crippen molar-refractivity contribution in [2.24, 2.45) is 0 Å². The monoisotopic (exact) mass is 289 g/mol. The number of rotatable bonds is 6. The summed E-state index contributed by atoms with van der Waals surface area (Å²) in [6.45, 7) is 2.97. The van der Waals surface area contributed by atoms with Crippen LogP contribution in [0, 0.1) is 6.92 Å². The number of hydrogen-bond acceptors (Lipinski definition) is 5. The summed E-state index contributed by atoms with van der Waals surface area (Å²) in [6, 6.07) is 2.44. The van der Waals surface area contributed by atoms with Gasteiger partial charge in [-0.05, 0) is 25.5 Å². The van der Waals surface area contributed by atoms with Crippen LogP contribution < -0.4 is 14.2 Å². The van der Waals surface area contributed by atoms with E-state index < -0.39 is 16.1 Å². The number of aryl methyl sites for hydroxylation is 1. The summed E-state index contributed by atoms with van der Waals surface area (Å²) < 4.78 is 36.9. The second-order valence-electron chi connectivity index (χ2n) is 4.18. The maximum atomic E-state index is 12.2. The molecular weight excluding hydrogens is 270 g/mol. The molecule has 7 heteroatoms. The van der Waals surface area contributed by atoms with Crippen molar-refractivity contribution in [3.8, 4) is 11.5 Å². The smallest absolute Gasteiger partial charge is 0.241 e. The summed E-state index contributed by atoms with van der Waals surface area (Å²) >= 11 is 0. The molecule has 0 aliphatic heterocycles. The van der Waals surface area contributed by atoms with Crippen LogP contribution >= 0.6 is 0 Å². The van der Waals surface area contributed by atoms with E-state index >= 15 is 0 Å². The van der Waals surface area contributed by atoms with Gasteiger partial charge in [0.05, 0.1) is 25.7 Å². The molecule has 0 aliphatic carbocycles. The SMILES string of the molecule is COc1cc(C)c(S(=O)(=O)N[C@H](C)CO)cc1OC. The molecule has 0 radical (unpaired) electrons. The van der Waals surface area contributed by atoms with Gasteiger partial charge >= 0.3 is 0 Å². The van der Waals surface area contributed by atoms with Crippen LogP contribution in [0.2, 0.25) is 0 Å². The largest absolute Gasteiger partial charge is 0.493 e. The minimum absolute atomic E-state index is 0.102. The molecule has 0 amide bonds. The molecule has 0 aromatic heterocycles. The van der Waals surface area contributed by atoms with Crippen molar-refractivity contribution in [3.63, 3.8) is 0 Å². The summed E-state index contributed by atoms with van der Waals surface area (Å²) in [6.07, 6.45) is 0. The van der Waals surface area contributed by atoms with Crippen molar-refractivity contribution < 1.29 is 23.0 Å². The third-order valence-electron chi connectivity index (χ3n) is 2.60. The van der Waals surface area contributed by atoms with E-state index in [4.69, 9.17) is 14.6 Å². The molecule has 0 spiro atoms. The normalized spacial score (nSPS) is 13.1. The number of ether oxygens (including phenoxy) is 2. The lowest BCUT2D eigenvalue weighted by molar-refractivity contribution is 0.265. The van der Waals surface area contributed by atoms with E-state index in [2.05, 4.69) is 4.72 Å². The van der Waals surface area contributed by atoms with Crippen LogP contribution in [-0.4, -0.2) is 40.4 Å². The molecule has 1 aromatic carbocycles. The van der Waals surface area contributed by atoms with Crippen LogP contribution in [0.3, 0.4) is 0 Å². The number of nitrogens with one attached hydrogen (secondary N) is 1. The van der Waals surface area contributed by atoms with E-state index in [-0.39, 0.29) is 11.5 Å². The number of hydrogen-bond donors (Lipinski definition) is 2. The van der Waals surface area contributed by atoms with Crippen molar-refractivity contribution in [1.29, 1.82) is 0 Å². The van der Waals surface area contributed by atoms with E-state index in [9.17, 15) is 8.42 Å². The lowest BCUT2D eigenvalue weighted by atomic mass is 10.2. The molecule has 0 saturated heterocycles. The highest BCUT2D eigenvalue weighted by Crippen LogP contribution is 2.32. The van der Waals surface area contributed by atoms with Crippen LogP contribution in [0.15, 0.2) is 17.0 Å². The number of benzene rings is 1. The average Bonchev–Trinajstić information content (AvgIpc) is 2.37. The maximum absolute atomic E-state index is 12.2. The van der Waals surface area contributed by atoms with E-state index in [1.54, 1.807) is 19.9 Å². The van der Waals surface area contributed by atoms with Crippen molar-refractivity contribution in [3.05, 3.63) is 17.7 Å². The molecule has 1 aromatic rings. The second kappa shape index (κ2) is 6.23. The highest BCUT2D eigenvalue weighted by molar-refractivity contribution is 7.89. The van der Waals surface area contributed by atoms with Crippen molar-refractivity contribution in [1.82, 2.24) is 4.72 Å². The van der Waals surface area contributed by atoms with Gasteiger partial charge in [0.15, 0.2) is 11.5 Å². The Hall–Kier alpha value is -1.31. The minimum Gasteiger partial charge on any atom is -0.493 e. The number of methoxy groups -OCH3 is 2. The number of aliphatic hydroxyl groups is 1. The zero-order chi connectivity index (χ0) is 14.6. The molecule has 0 unspecified atom stereocenters. The van der Waals surface area contributed by atoms with Gasteiger partial charge in [0, 0.05) is 12.1 Å². The van der Waals surface area contributed by atoms with Gasteiger partial charge in [-0.2, -0.15) is 0 Å². The minimum atomic E-state index is -3.71. The van der Waals surface area contributed by atoms with Crippen molar-refractivity contribution >= 4 is 10.0 Å². The zero-order valence-electron chi connectivity index (χ0n) is 11.4. The molecule has 0 saturated carbocycles. The molecule has 1 rings (SSSR count). The first-order chi connectivity index (χ1) is 8.85. The first-order valence-electron chi connectivity index (χ1n) is 5.71. The topological polar surface area (TPSA) is 84.9 Å². The molecule has 0 heterocycles. The van der Waals surface area contributed by atoms with Gasteiger partial charge in [-0.3, -0.25) is 0 Å². The lowest BCUT2D eigenvalue weighted by Gasteiger charge is -2.15. The fourth-order valence-electron chi connectivity index (χ4n) is 1.62. The van der Waals surface area contributed by atoms with Gasteiger partial charge in [0.1, 0.15) is 0 Å². The van der Waals surface area contributed by atoms with Gasteiger partial charge in [-0.1, -0.05) is 0 Å². The summed E-state index contributed by atoms with van der Waals surface area (Å²) in [7, 11) is -0.784. The average molecular weight is 289 g/mol. The fourth-order valence-corrected chi connectivity index (χ4v) is 3.09. The Morgan fingerprint density at radius 3 is 2.26 bits per heavy atom. The zero-order valence-corrected chi connectivity index (χ0v) is 12.2. The molecule has 6 nitrogen and oxygen atoms in total. The third-order valence-corrected chi connectivity index (χ3v) is 4.33. The predicted octanol–water partition coefficient (Wildman–Crippen LogP) is 0.671. The van der Waals surface area contributed by atoms with Crippen molar-refractivity contribution in [2.75, 3.05) is 20.8 Å². The molecule has 19 heavy (non-hydrogen) atoms. The first kappa shape index (κ1) is 15.7. The lowest BCUT2D eigenvalue weighted by Crippen LogP contribution is -2.35. The van der Waals surface area contributed by atoms with Gasteiger partial charge in [-0.15, -0.1) is 0 Å². The Bertz CT molecular complexity index is 541. The Morgan fingerprint density at radius 1 is 1.26 bits per heavy atom. The highest BCUT2D eigenvalue weighted by Gasteiger charge is 2.21. The van der Waals surface area contributed by atoms with E-state index in [0.29, 0.717) is 17.1 Å². The van der Waals surface area contributed by atoms with Crippen LogP contribution in [-0.2, 0) is 10.0 Å². The second-order valence-corrected chi connectivity index (χ2v) is 5.86. The Kier molecular flexibility index (Phi) is 5.16. The van der Waals surface area contributed by atoms with Gasteiger partial charge < -0.3 is 14.6 Å². The molecule has 108 valence electrons. The van der Waals surface area contributed by atoms with Crippen LogP contribution in [0.5, 0.6) is 11.5 Å². The van der Waals surface area contributed by atoms with E-state index in [0.717, 1.165) is 0 Å². The Labute approximate surface area is 113 Å². The molecule has 0 bridgehead atoms. The summed E-state index contributed by atoms with van der Waals surface area (Å²) in [5.41, 5.74) is 0.537. The highest BCUT2D eigenvalue weighted by atomic mass is 32.2. The van der Waals surface area contributed by atoms with E-state index in [1.807, 2.05) is 0 Å². The first-order valence-corrected chi connectivity index (χ1v) is 7.19. The maximum Gasteiger partial charge on any atom is 0.241 e. The quantitative estimate of drug-likeness (QED) is 0.804. The molecule has 1 atom stereocenters. The molecule has 0 fully saturated rings. The van der Waals surface area contributed by atoms with Crippen LogP contribution in [0.25, 0.3) is 0 Å². The number of aliphatic hydroxyl groups excluding tert-OH is 1. The van der Waals surface area contributed by atoms with Gasteiger partial charge in [-0.25, -0.2) is 13.1 Å². The van der Waals surface area contributed by atoms with Crippen molar-refractivity contribution in [2.45, 2.75) is 24.8 Å². The van der Waals surface area contributed by atoms with E-state index in [1.165, 1.54) is 20.3 Å². The third kappa shape index (κ3) is 3.59. The molecular formula is C12H19NO5S. The molecule has 0 aliphatic rings. The summed E-state index contributed by atoms with van der Waals surface area (Å²) in [5.74, 6) is 0.805. The molecule has 2 N–H and O–H groups in total. The fraction of sp³-hybridized carbons (Fsp3) is 0.500. The van der Waals surface area contributed by atoms with Crippen LogP contribution in [0.4, 0.5) is 0 Å². The van der Waals surface area contributed by atoms with Gasteiger partial charge in [0.2, 0.25) is 10.0 Å². The van der Waals surface area contributed by atoms with Gasteiger partial charge in [0.25, 0.3) is 0 Å². The Balaban J connectivity index is 3.27. The predicted molar refractivity (Wildman–Crippen MR) is 71.2 cm³/mol. The number of sulfonamides is 1. The van der Waals surface area contributed by atoms with Crippen LogP contribution in [0.1, 0.15) is 12.5 Å². The summed E-state index contributed by atoms with van der Waals surface area (Å²) in [5, 5.41) is 8.93. The Morgan fingerprint density at radius 2 is 1.79 bits per heavy atom. The standard InChI is InChI=1S/C12H19NO5S/c1-8-5-10(17-3)11(18-4)6-12(8)19(15,16)13-9(2)7-14/h5-6,9,13-14H,7H2,1-4H3/t9-/m1/s1. The summed E-state index contributed by atoms with van der Waals surface area (Å²) in [4.78, 5) is 0.102.